The Hall–Kier alpha value is -1.33. The van der Waals surface area contributed by atoms with Crippen LogP contribution >= 0.6 is 0 Å². The smallest absolute Gasteiger partial charge is 0.220 e. The zero-order valence-corrected chi connectivity index (χ0v) is 50.3. The first-order chi connectivity index (χ1) is 37.3. The summed E-state index contributed by atoms with van der Waals surface area (Å²) in [5, 5.41) is 54.6. The van der Waals surface area contributed by atoms with Crippen LogP contribution in [0.3, 0.4) is 0 Å². The summed E-state index contributed by atoms with van der Waals surface area (Å²) in [6, 6.07) is -0.819. The summed E-state index contributed by atoms with van der Waals surface area (Å²) in [6.07, 6.45) is 67.2. The molecule has 1 saturated heterocycles. The monoisotopic (exact) mass is 1080 g/mol. The number of hydrogen-bond donors (Lipinski definition) is 6. The fraction of sp³-hybridized carbons (Fsp3) is 0.925. The van der Waals surface area contributed by atoms with Crippen LogP contribution in [0.4, 0.5) is 0 Å². The van der Waals surface area contributed by atoms with Gasteiger partial charge in [-0.05, 0) is 32.1 Å². The van der Waals surface area contributed by atoms with Crippen molar-refractivity contribution < 1.29 is 39.8 Å². The van der Waals surface area contributed by atoms with Crippen molar-refractivity contribution in [2.45, 2.75) is 384 Å². The second kappa shape index (κ2) is 56.9. The van der Waals surface area contributed by atoms with E-state index in [0.717, 1.165) is 38.5 Å². The van der Waals surface area contributed by atoms with Crippen molar-refractivity contribution in [3.63, 3.8) is 0 Å². The highest BCUT2D eigenvalue weighted by Gasteiger charge is 2.44. The van der Waals surface area contributed by atoms with Gasteiger partial charge in [-0.1, -0.05) is 327 Å². The zero-order valence-electron chi connectivity index (χ0n) is 50.3. The quantitative estimate of drug-likeness (QED) is 0.0261. The molecule has 0 spiro atoms. The number of nitrogens with one attached hydrogen (secondary N) is 1. The largest absolute Gasteiger partial charge is 0.394 e. The van der Waals surface area contributed by atoms with Gasteiger partial charge in [0.15, 0.2) is 6.29 Å². The molecule has 76 heavy (non-hydrogen) atoms. The molecule has 7 unspecified atom stereocenters. The average Bonchev–Trinajstić information content (AvgIpc) is 3.42. The highest BCUT2D eigenvalue weighted by Crippen LogP contribution is 2.23. The SMILES string of the molecule is CCCCCCCCCCCCCCC/C=C/CC/C=C/C(O)C(COC1OC(CO)C(O)C(O)C1O)NC(=O)CCCCCCCCCCCCCCCCCCCCCCCCCCCCCCCCCCCC. The van der Waals surface area contributed by atoms with Crippen LogP contribution in [0.25, 0.3) is 0 Å². The van der Waals surface area contributed by atoms with E-state index in [1.165, 1.54) is 283 Å². The second-order valence-corrected chi connectivity index (χ2v) is 23.6. The van der Waals surface area contributed by atoms with Crippen molar-refractivity contribution in [3.05, 3.63) is 24.3 Å². The number of ether oxygens (including phenoxy) is 2. The molecule has 0 bridgehead atoms. The Labute approximate surface area is 470 Å². The Morgan fingerprint density at radius 1 is 0.434 bits per heavy atom. The molecule has 450 valence electrons. The van der Waals surface area contributed by atoms with Crippen LogP contribution in [0.1, 0.15) is 341 Å². The molecular formula is C67H129NO8. The predicted octanol–water partition coefficient (Wildman–Crippen LogP) is 17.7. The molecule has 6 N–H and O–H groups in total. The number of hydrogen-bond acceptors (Lipinski definition) is 8. The molecule has 0 aromatic carbocycles. The number of allylic oxidation sites excluding steroid dienone is 3. The molecule has 0 radical (unpaired) electrons. The van der Waals surface area contributed by atoms with Gasteiger partial charge in [-0.3, -0.25) is 4.79 Å². The minimum Gasteiger partial charge on any atom is -0.394 e. The fourth-order valence-corrected chi connectivity index (χ4v) is 11.0. The highest BCUT2D eigenvalue weighted by atomic mass is 16.7. The van der Waals surface area contributed by atoms with Gasteiger partial charge in [-0.15, -0.1) is 0 Å². The first-order valence-electron chi connectivity index (χ1n) is 33.6. The molecule has 1 aliphatic rings. The van der Waals surface area contributed by atoms with Crippen molar-refractivity contribution in [1.82, 2.24) is 5.32 Å². The van der Waals surface area contributed by atoms with Crippen LogP contribution in [-0.2, 0) is 14.3 Å². The summed E-state index contributed by atoms with van der Waals surface area (Å²) < 4.78 is 11.3. The number of unbranched alkanes of at least 4 members (excludes halogenated alkanes) is 47. The van der Waals surface area contributed by atoms with Gasteiger partial charge in [0.1, 0.15) is 24.4 Å². The number of carbonyl (C=O) groups is 1. The summed E-state index contributed by atoms with van der Waals surface area (Å²) in [5.41, 5.74) is 0. The average molecular weight is 1080 g/mol. The van der Waals surface area contributed by atoms with Crippen molar-refractivity contribution in [2.24, 2.45) is 0 Å². The molecule has 1 fully saturated rings. The molecule has 0 aromatic heterocycles. The maximum Gasteiger partial charge on any atom is 0.220 e. The lowest BCUT2D eigenvalue weighted by molar-refractivity contribution is -0.302. The van der Waals surface area contributed by atoms with Crippen molar-refractivity contribution in [2.75, 3.05) is 13.2 Å². The van der Waals surface area contributed by atoms with Crippen LogP contribution in [0.5, 0.6) is 0 Å². The van der Waals surface area contributed by atoms with Crippen molar-refractivity contribution in [1.29, 1.82) is 0 Å². The summed E-state index contributed by atoms with van der Waals surface area (Å²) in [6.45, 7) is 3.81. The third kappa shape index (κ3) is 45.4. The van der Waals surface area contributed by atoms with Crippen LogP contribution < -0.4 is 5.32 Å². The molecule has 1 heterocycles. The summed E-state index contributed by atoms with van der Waals surface area (Å²) in [4.78, 5) is 13.1. The minimum absolute atomic E-state index is 0.179. The van der Waals surface area contributed by atoms with Gasteiger partial charge in [0.25, 0.3) is 0 Å². The van der Waals surface area contributed by atoms with E-state index in [0.29, 0.717) is 6.42 Å². The van der Waals surface area contributed by atoms with Gasteiger partial charge in [-0.25, -0.2) is 0 Å². The van der Waals surface area contributed by atoms with Crippen molar-refractivity contribution >= 4 is 5.91 Å². The standard InChI is InChI=1S/C67H129NO8/c1-3-5-7-9-11-13-15-17-19-21-23-24-25-26-27-28-29-30-31-32-33-34-35-36-37-39-41-43-45-47-49-51-53-55-57-63(71)68-60(59-75-67-66(74)65(73)64(72)62(58-69)76-67)61(70)56-54-52-50-48-46-44-42-40-38-22-20-18-16-14-12-10-8-6-4-2/h46,48,54,56,60-62,64-67,69-70,72-74H,3-45,47,49-53,55,57-59H2,1-2H3,(H,68,71)/b48-46+,56-54+. The number of aliphatic hydroxyl groups is 5. The molecule has 7 atom stereocenters. The second-order valence-electron chi connectivity index (χ2n) is 23.6. The van der Waals surface area contributed by atoms with E-state index >= 15 is 0 Å². The third-order valence-electron chi connectivity index (χ3n) is 16.3. The number of aliphatic hydroxyl groups excluding tert-OH is 5. The van der Waals surface area contributed by atoms with E-state index in [2.05, 4.69) is 31.3 Å². The van der Waals surface area contributed by atoms with E-state index in [1.54, 1.807) is 6.08 Å². The first-order valence-corrected chi connectivity index (χ1v) is 33.6. The summed E-state index contributed by atoms with van der Waals surface area (Å²) in [7, 11) is 0. The summed E-state index contributed by atoms with van der Waals surface area (Å²) >= 11 is 0. The predicted molar refractivity (Wildman–Crippen MR) is 323 cm³/mol. The third-order valence-corrected chi connectivity index (χ3v) is 16.3. The Kier molecular flexibility index (Phi) is 54.4. The Balaban J connectivity index is 2.10. The lowest BCUT2D eigenvalue weighted by atomic mass is 9.99. The zero-order chi connectivity index (χ0) is 55.0. The summed E-state index contributed by atoms with van der Waals surface area (Å²) in [5.74, 6) is -0.179. The molecule has 0 aromatic rings. The van der Waals surface area contributed by atoms with E-state index < -0.39 is 49.5 Å². The first kappa shape index (κ1) is 72.7. The van der Waals surface area contributed by atoms with Crippen LogP contribution in [-0.4, -0.2) is 87.5 Å². The molecule has 0 saturated carbocycles. The van der Waals surface area contributed by atoms with E-state index in [1.807, 2.05) is 6.08 Å². The number of amides is 1. The van der Waals surface area contributed by atoms with E-state index in [9.17, 15) is 30.3 Å². The molecule has 1 rings (SSSR count). The molecule has 1 amide bonds. The van der Waals surface area contributed by atoms with Gasteiger partial charge in [0, 0.05) is 6.42 Å². The normalized spacial score (nSPS) is 18.9. The van der Waals surface area contributed by atoms with Gasteiger partial charge in [0.05, 0.1) is 25.4 Å². The van der Waals surface area contributed by atoms with E-state index in [4.69, 9.17) is 9.47 Å². The van der Waals surface area contributed by atoms with Crippen molar-refractivity contribution in [3.8, 4) is 0 Å². The fourth-order valence-electron chi connectivity index (χ4n) is 11.0. The Morgan fingerprint density at radius 3 is 1.11 bits per heavy atom. The highest BCUT2D eigenvalue weighted by molar-refractivity contribution is 5.76. The Bertz CT molecular complexity index is 1250. The van der Waals surface area contributed by atoms with Crippen LogP contribution in [0.15, 0.2) is 24.3 Å². The van der Waals surface area contributed by atoms with Gasteiger partial charge in [0.2, 0.25) is 5.91 Å². The minimum atomic E-state index is -1.57. The van der Waals surface area contributed by atoms with E-state index in [-0.39, 0.29) is 12.5 Å². The maximum absolute atomic E-state index is 13.1. The topological polar surface area (TPSA) is 149 Å². The van der Waals surface area contributed by atoms with Gasteiger partial charge < -0.3 is 40.3 Å². The van der Waals surface area contributed by atoms with Gasteiger partial charge >= 0.3 is 0 Å². The lowest BCUT2D eigenvalue weighted by Crippen LogP contribution is -2.60. The maximum atomic E-state index is 13.1. The number of rotatable bonds is 59. The Morgan fingerprint density at radius 2 is 0.750 bits per heavy atom. The molecular weight excluding hydrogens is 947 g/mol. The van der Waals surface area contributed by atoms with Crippen LogP contribution in [0, 0.1) is 0 Å². The molecule has 1 aliphatic heterocycles. The molecule has 0 aliphatic carbocycles. The van der Waals surface area contributed by atoms with Crippen LogP contribution in [0.2, 0.25) is 0 Å². The number of carbonyl (C=O) groups excluding carboxylic acids is 1. The van der Waals surface area contributed by atoms with Gasteiger partial charge in [-0.2, -0.15) is 0 Å². The molecule has 9 nitrogen and oxygen atoms in total. The lowest BCUT2D eigenvalue weighted by Gasteiger charge is -2.40. The molecule has 9 heteroatoms.